The van der Waals surface area contributed by atoms with E-state index in [-0.39, 0.29) is 12.5 Å². The molecule has 1 saturated heterocycles. The van der Waals surface area contributed by atoms with Gasteiger partial charge >= 0.3 is 0 Å². The van der Waals surface area contributed by atoms with Crippen molar-refractivity contribution in [3.05, 3.63) is 35.4 Å². The Morgan fingerprint density at radius 2 is 2.21 bits per heavy atom. The molecule has 2 N–H and O–H groups in total. The first-order chi connectivity index (χ1) is 9.15. The minimum Gasteiger partial charge on any atom is -0.352 e. The number of carbonyl (C=O) groups is 1. The molecule has 1 aromatic carbocycles. The molecule has 1 aliphatic rings. The highest BCUT2D eigenvalue weighted by atomic mass is 19.2. The van der Waals surface area contributed by atoms with E-state index in [2.05, 4.69) is 10.6 Å². The predicted molar refractivity (Wildman–Crippen MR) is 68.4 cm³/mol. The molecule has 3 nitrogen and oxygen atoms in total. The van der Waals surface area contributed by atoms with Crippen LogP contribution in [0.3, 0.4) is 0 Å². The van der Waals surface area contributed by atoms with Gasteiger partial charge in [-0.3, -0.25) is 4.79 Å². The predicted octanol–water partition coefficient (Wildman–Crippen LogP) is 1.97. The molecule has 1 heterocycles. The topological polar surface area (TPSA) is 41.1 Å². The van der Waals surface area contributed by atoms with Crippen LogP contribution in [-0.4, -0.2) is 19.0 Å². The summed E-state index contributed by atoms with van der Waals surface area (Å²) in [7, 11) is 0. The summed E-state index contributed by atoms with van der Waals surface area (Å²) in [6, 6.07) is 3.65. The molecule has 0 aliphatic carbocycles. The number of benzene rings is 1. The van der Waals surface area contributed by atoms with E-state index >= 15 is 0 Å². The minimum atomic E-state index is -0.886. The van der Waals surface area contributed by atoms with Gasteiger partial charge < -0.3 is 10.6 Å². The maximum Gasteiger partial charge on any atom is 0.220 e. The number of amides is 1. The van der Waals surface area contributed by atoms with Crippen molar-refractivity contribution in [2.75, 3.05) is 13.1 Å². The first kappa shape index (κ1) is 13.9. The van der Waals surface area contributed by atoms with Gasteiger partial charge in [0.2, 0.25) is 5.91 Å². The lowest BCUT2D eigenvalue weighted by Crippen LogP contribution is -2.34. The average molecular weight is 268 g/mol. The summed E-state index contributed by atoms with van der Waals surface area (Å²) in [5, 5.41) is 5.99. The summed E-state index contributed by atoms with van der Waals surface area (Å²) >= 11 is 0. The second-order valence-electron chi connectivity index (χ2n) is 4.94. The fourth-order valence-electron chi connectivity index (χ4n) is 2.28. The Morgan fingerprint density at radius 1 is 1.37 bits per heavy atom. The summed E-state index contributed by atoms with van der Waals surface area (Å²) in [5.41, 5.74) is 0.564. The first-order valence-electron chi connectivity index (χ1n) is 6.56. The van der Waals surface area contributed by atoms with Crippen LogP contribution in [0.1, 0.15) is 24.8 Å². The van der Waals surface area contributed by atoms with Gasteiger partial charge in [-0.05, 0) is 49.5 Å². The van der Waals surface area contributed by atoms with E-state index in [4.69, 9.17) is 0 Å². The van der Waals surface area contributed by atoms with E-state index in [0.717, 1.165) is 38.1 Å². The molecule has 19 heavy (non-hydrogen) atoms. The van der Waals surface area contributed by atoms with Crippen LogP contribution >= 0.6 is 0 Å². The molecule has 2 rings (SSSR count). The Morgan fingerprint density at radius 3 is 2.89 bits per heavy atom. The third-order valence-electron chi connectivity index (χ3n) is 3.35. The minimum absolute atomic E-state index is 0.0431. The number of piperidine rings is 1. The van der Waals surface area contributed by atoms with Crippen molar-refractivity contribution < 1.29 is 13.6 Å². The van der Waals surface area contributed by atoms with E-state index in [1.165, 1.54) is 6.07 Å². The summed E-state index contributed by atoms with van der Waals surface area (Å²) < 4.78 is 25.7. The van der Waals surface area contributed by atoms with Gasteiger partial charge in [0, 0.05) is 13.0 Å². The Kier molecular flexibility index (Phi) is 4.85. The van der Waals surface area contributed by atoms with E-state index in [0.29, 0.717) is 17.9 Å². The molecule has 1 fully saturated rings. The lowest BCUT2D eigenvalue weighted by molar-refractivity contribution is -0.122. The number of carbonyl (C=O) groups excluding carboxylic acids is 1. The lowest BCUT2D eigenvalue weighted by Gasteiger charge is -2.22. The van der Waals surface area contributed by atoms with Crippen molar-refractivity contribution in [3.8, 4) is 0 Å². The van der Waals surface area contributed by atoms with Crippen LogP contribution in [-0.2, 0) is 11.3 Å². The smallest absolute Gasteiger partial charge is 0.220 e. The Balaban J connectivity index is 1.77. The summed E-state index contributed by atoms with van der Waals surface area (Å²) in [4.78, 5) is 11.7. The zero-order valence-corrected chi connectivity index (χ0v) is 10.7. The zero-order valence-electron chi connectivity index (χ0n) is 10.7. The van der Waals surface area contributed by atoms with Crippen molar-refractivity contribution in [3.63, 3.8) is 0 Å². The molecule has 1 atom stereocenters. The number of halogens is 2. The van der Waals surface area contributed by atoms with E-state index in [1.54, 1.807) is 0 Å². The fraction of sp³-hybridized carbons (Fsp3) is 0.500. The summed E-state index contributed by atoms with van der Waals surface area (Å²) in [5.74, 6) is -1.43. The third-order valence-corrected chi connectivity index (χ3v) is 3.35. The maximum atomic E-state index is 13.0. The van der Waals surface area contributed by atoms with Crippen molar-refractivity contribution in [1.29, 1.82) is 0 Å². The normalized spacial score (nSPS) is 19.2. The van der Waals surface area contributed by atoms with Crippen LogP contribution in [0, 0.1) is 17.6 Å². The highest BCUT2D eigenvalue weighted by Gasteiger charge is 2.16. The maximum absolute atomic E-state index is 13.0. The highest BCUT2D eigenvalue weighted by Crippen LogP contribution is 2.14. The molecule has 0 saturated carbocycles. The molecule has 0 aromatic heterocycles. The van der Waals surface area contributed by atoms with Gasteiger partial charge in [0.1, 0.15) is 0 Å². The Hall–Kier alpha value is -1.49. The quantitative estimate of drug-likeness (QED) is 0.876. The van der Waals surface area contributed by atoms with E-state index < -0.39 is 11.6 Å². The largest absolute Gasteiger partial charge is 0.352 e. The highest BCUT2D eigenvalue weighted by molar-refractivity contribution is 5.76. The van der Waals surface area contributed by atoms with E-state index in [9.17, 15) is 13.6 Å². The van der Waals surface area contributed by atoms with Gasteiger partial charge in [-0.2, -0.15) is 0 Å². The van der Waals surface area contributed by atoms with Crippen LogP contribution in [0.25, 0.3) is 0 Å². The molecular formula is C14H18F2N2O. The van der Waals surface area contributed by atoms with Gasteiger partial charge in [0.15, 0.2) is 11.6 Å². The second-order valence-corrected chi connectivity index (χ2v) is 4.94. The van der Waals surface area contributed by atoms with Gasteiger partial charge in [-0.25, -0.2) is 8.78 Å². The SMILES string of the molecule is O=C(CC1CCCNC1)NCc1ccc(F)c(F)c1. The molecule has 1 amide bonds. The monoisotopic (exact) mass is 268 g/mol. The average Bonchev–Trinajstić information content (AvgIpc) is 2.41. The van der Waals surface area contributed by atoms with Gasteiger partial charge in [-0.1, -0.05) is 6.07 Å². The number of rotatable bonds is 4. The fourth-order valence-corrected chi connectivity index (χ4v) is 2.28. The summed E-state index contributed by atoms with van der Waals surface area (Å²) in [6.45, 7) is 2.13. The Bertz CT molecular complexity index is 445. The van der Waals surface area contributed by atoms with Gasteiger partial charge in [-0.15, -0.1) is 0 Å². The van der Waals surface area contributed by atoms with Crippen LogP contribution in [0.5, 0.6) is 0 Å². The zero-order chi connectivity index (χ0) is 13.7. The molecule has 0 bridgehead atoms. The van der Waals surface area contributed by atoms with Crippen molar-refractivity contribution in [2.45, 2.75) is 25.8 Å². The number of hydrogen-bond acceptors (Lipinski definition) is 2. The summed E-state index contributed by atoms with van der Waals surface area (Å²) in [6.07, 6.45) is 2.64. The van der Waals surface area contributed by atoms with Gasteiger partial charge in [0.05, 0.1) is 0 Å². The molecule has 0 spiro atoms. The molecule has 104 valence electrons. The van der Waals surface area contributed by atoms with E-state index in [1.807, 2.05) is 0 Å². The lowest BCUT2D eigenvalue weighted by atomic mass is 9.96. The molecular weight excluding hydrogens is 250 g/mol. The van der Waals surface area contributed by atoms with Gasteiger partial charge in [0.25, 0.3) is 0 Å². The van der Waals surface area contributed by atoms with Crippen molar-refractivity contribution in [1.82, 2.24) is 10.6 Å². The van der Waals surface area contributed by atoms with Crippen molar-refractivity contribution in [2.24, 2.45) is 5.92 Å². The van der Waals surface area contributed by atoms with Crippen LogP contribution in [0.2, 0.25) is 0 Å². The molecule has 0 radical (unpaired) electrons. The molecule has 5 heteroatoms. The first-order valence-corrected chi connectivity index (χ1v) is 6.56. The van der Waals surface area contributed by atoms with Crippen LogP contribution in [0.4, 0.5) is 8.78 Å². The standard InChI is InChI=1S/C14H18F2N2O/c15-12-4-3-11(6-13(12)16)9-18-14(19)7-10-2-1-5-17-8-10/h3-4,6,10,17H,1-2,5,7-9H2,(H,18,19). The molecule has 1 unspecified atom stereocenters. The molecule has 1 aromatic rings. The second kappa shape index (κ2) is 6.61. The number of hydrogen-bond donors (Lipinski definition) is 2. The van der Waals surface area contributed by atoms with Crippen LogP contribution in [0.15, 0.2) is 18.2 Å². The Labute approximate surface area is 111 Å². The van der Waals surface area contributed by atoms with Crippen LogP contribution < -0.4 is 10.6 Å². The third kappa shape index (κ3) is 4.28. The number of nitrogens with one attached hydrogen (secondary N) is 2. The van der Waals surface area contributed by atoms with Crippen molar-refractivity contribution >= 4 is 5.91 Å². The molecule has 1 aliphatic heterocycles.